The summed E-state index contributed by atoms with van der Waals surface area (Å²) < 4.78 is 0. The summed E-state index contributed by atoms with van der Waals surface area (Å²) >= 11 is 6.33. The highest BCUT2D eigenvalue weighted by atomic mass is 35.5. The van der Waals surface area contributed by atoms with Gasteiger partial charge in [-0.25, -0.2) is 0 Å². The van der Waals surface area contributed by atoms with Crippen molar-refractivity contribution in [3.05, 3.63) is 34.3 Å². The van der Waals surface area contributed by atoms with Gasteiger partial charge in [0.15, 0.2) is 0 Å². The van der Waals surface area contributed by atoms with Crippen molar-refractivity contribution < 1.29 is 0 Å². The quantitative estimate of drug-likeness (QED) is 0.754. The molecule has 1 aliphatic carbocycles. The zero-order chi connectivity index (χ0) is 14.5. The van der Waals surface area contributed by atoms with Gasteiger partial charge in [-0.15, -0.1) is 0 Å². The molecule has 1 N–H and O–H groups in total. The molecule has 1 nitrogen and oxygen atoms in total. The zero-order valence-corrected chi connectivity index (χ0v) is 13.8. The molecule has 0 bridgehead atoms. The summed E-state index contributed by atoms with van der Waals surface area (Å²) in [4.78, 5) is 0. The molecular weight excluding hydrogens is 266 g/mol. The van der Waals surface area contributed by atoms with Crippen LogP contribution in [0, 0.1) is 18.8 Å². The predicted molar refractivity (Wildman–Crippen MR) is 88.3 cm³/mol. The van der Waals surface area contributed by atoms with E-state index < -0.39 is 0 Å². The molecule has 0 aliphatic heterocycles. The normalized spacial score (nSPS) is 24.6. The molecule has 0 saturated heterocycles. The van der Waals surface area contributed by atoms with Crippen molar-refractivity contribution in [2.24, 2.45) is 11.8 Å². The van der Waals surface area contributed by atoms with Crippen LogP contribution in [0.1, 0.15) is 63.1 Å². The van der Waals surface area contributed by atoms with E-state index in [2.05, 4.69) is 44.3 Å². The highest BCUT2D eigenvalue weighted by Crippen LogP contribution is 2.38. The average molecular weight is 294 g/mol. The van der Waals surface area contributed by atoms with Crippen LogP contribution in [-0.2, 0) is 0 Å². The van der Waals surface area contributed by atoms with Crippen molar-refractivity contribution in [2.75, 3.05) is 6.54 Å². The van der Waals surface area contributed by atoms with Crippen LogP contribution in [0.5, 0.6) is 0 Å². The maximum absolute atomic E-state index is 6.33. The summed E-state index contributed by atoms with van der Waals surface area (Å²) in [7, 11) is 0. The molecule has 1 saturated carbocycles. The van der Waals surface area contributed by atoms with E-state index in [1.165, 1.54) is 43.2 Å². The van der Waals surface area contributed by atoms with E-state index in [1.807, 2.05) is 0 Å². The molecule has 0 heterocycles. The van der Waals surface area contributed by atoms with Crippen molar-refractivity contribution in [3.8, 4) is 0 Å². The lowest BCUT2D eigenvalue weighted by Gasteiger charge is -2.34. The molecule has 2 rings (SSSR count). The summed E-state index contributed by atoms with van der Waals surface area (Å²) in [5.74, 6) is 1.62. The molecule has 3 unspecified atom stereocenters. The highest BCUT2D eigenvalue weighted by Gasteiger charge is 2.27. The Morgan fingerprint density at radius 1 is 1.35 bits per heavy atom. The number of nitrogens with one attached hydrogen (secondary N) is 1. The largest absolute Gasteiger partial charge is 0.310 e. The maximum Gasteiger partial charge on any atom is 0.0438 e. The van der Waals surface area contributed by atoms with E-state index in [0.29, 0.717) is 6.04 Å². The minimum Gasteiger partial charge on any atom is -0.310 e. The molecule has 1 aromatic rings. The molecule has 0 spiro atoms. The fourth-order valence-corrected chi connectivity index (χ4v) is 3.63. The zero-order valence-electron chi connectivity index (χ0n) is 13.1. The van der Waals surface area contributed by atoms with Crippen LogP contribution in [0.15, 0.2) is 18.2 Å². The van der Waals surface area contributed by atoms with Crippen LogP contribution in [0.25, 0.3) is 0 Å². The topological polar surface area (TPSA) is 12.0 Å². The third-order valence-electron chi connectivity index (χ3n) is 4.62. The van der Waals surface area contributed by atoms with E-state index in [-0.39, 0.29) is 0 Å². The Morgan fingerprint density at radius 3 is 2.80 bits per heavy atom. The third-order valence-corrected chi connectivity index (χ3v) is 5.02. The van der Waals surface area contributed by atoms with Gasteiger partial charge in [-0.2, -0.15) is 0 Å². The summed E-state index contributed by atoms with van der Waals surface area (Å²) in [6.45, 7) is 7.78. The molecule has 20 heavy (non-hydrogen) atoms. The van der Waals surface area contributed by atoms with Crippen molar-refractivity contribution >= 4 is 11.6 Å². The molecule has 0 radical (unpaired) electrons. The second-order valence-corrected chi connectivity index (χ2v) is 6.88. The van der Waals surface area contributed by atoms with Crippen LogP contribution in [0.2, 0.25) is 5.02 Å². The average Bonchev–Trinajstić information content (AvgIpc) is 2.43. The number of benzene rings is 1. The number of hydrogen-bond acceptors (Lipinski definition) is 1. The first-order chi connectivity index (χ1) is 9.61. The standard InChI is InChI=1S/C18H28ClN/c1-4-10-20-18(15-7-5-6-13(2)11-15)16-9-8-14(3)17(19)12-16/h8-9,12-13,15,18,20H,4-7,10-11H2,1-3H3. The lowest BCUT2D eigenvalue weighted by atomic mass is 9.76. The van der Waals surface area contributed by atoms with Crippen LogP contribution >= 0.6 is 11.6 Å². The number of aryl methyl sites for hydroxylation is 1. The van der Waals surface area contributed by atoms with E-state index in [4.69, 9.17) is 11.6 Å². The van der Waals surface area contributed by atoms with Gasteiger partial charge in [-0.1, -0.05) is 50.4 Å². The second kappa shape index (κ2) is 7.47. The Labute approximate surface area is 129 Å². The first kappa shape index (κ1) is 15.9. The highest BCUT2D eigenvalue weighted by molar-refractivity contribution is 6.31. The van der Waals surface area contributed by atoms with Crippen molar-refractivity contribution in [3.63, 3.8) is 0 Å². The molecule has 0 amide bonds. The minimum absolute atomic E-state index is 0.468. The fourth-order valence-electron chi connectivity index (χ4n) is 3.44. The van der Waals surface area contributed by atoms with Gasteiger partial charge in [0.05, 0.1) is 0 Å². The molecule has 1 aliphatic rings. The lowest BCUT2D eigenvalue weighted by Crippen LogP contribution is -2.31. The smallest absolute Gasteiger partial charge is 0.0438 e. The van der Waals surface area contributed by atoms with Crippen molar-refractivity contribution in [1.29, 1.82) is 0 Å². The third kappa shape index (κ3) is 3.99. The van der Waals surface area contributed by atoms with Gasteiger partial charge in [0.1, 0.15) is 0 Å². The van der Waals surface area contributed by atoms with Gasteiger partial charge >= 0.3 is 0 Å². The van der Waals surface area contributed by atoms with Gasteiger partial charge in [0.2, 0.25) is 0 Å². The van der Waals surface area contributed by atoms with E-state index >= 15 is 0 Å². The Morgan fingerprint density at radius 2 is 2.15 bits per heavy atom. The number of halogens is 1. The number of hydrogen-bond donors (Lipinski definition) is 1. The van der Waals surface area contributed by atoms with E-state index in [0.717, 1.165) is 23.4 Å². The van der Waals surface area contributed by atoms with Gasteiger partial charge in [0, 0.05) is 11.1 Å². The molecule has 3 atom stereocenters. The molecule has 1 aromatic carbocycles. The molecular formula is C18H28ClN. The van der Waals surface area contributed by atoms with E-state index in [1.54, 1.807) is 0 Å². The summed E-state index contributed by atoms with van der Waals surface area (Å²) in [6, 6.07) is 7.05. The summed E-state index contributed by atoms with van der Waals surface area (Å²) in [5, 5.41) is 4.66. The molecule has 2 heteroatoms. The summed E-state index contributed by atoms with van der Waals surface area (Å²) in [5.41, 5.74) is 2.54. The van der Waals surface area contributed by atoms with Crippen LogP contribution < -0.4 is 5.32 Å². The van der Waals surface area contributed by atoms with E-state index in [9.17, 15) is 0 Å². The Balaban J connectivity index is 2.19. The Hall–Kier alpha value is -0.530. The fraction of sp³-hybridized carbons (Fsp3) is 0.667. The lowest BCUT2D eigenvalue weighted by molar-refractivity contribution is 0.224. The summed E-state index contributed by atoms with van der Waals surface area (Å²) in [6.07, 6.45) is 6.63. The van der Waals surface area contributed by atoms with Gasteiger partial charge < -0.3 is 5.32 Å². The SMILES string of the molecule is CCCNC(c1ccc(C)c(Cl)c1)C1CCCC(C)C1. The van der Waals surface area contributed by atoms with Crippen molar-refractivity contribution in [2.45, 2.75) is 58.9 Å². The number of rotatable bonds is 5. The van der Waals surface area contributed by atoms with Gasteiger partial charge in [-0.3, -0.25) is 0 Å². The minimum atomic E-state index is 0.468. The second-order valence-electron chi connectivity index (χ2n) is 6.47. The Kier molecular flexibility index (Phi) is 5.92. The Bertz CT molecular complexity index is 429. The monoisotopic (exact) mass is 293 g/mol. The first-order valence-corrected chi connectivity index (χ1v) is 8.49. The van der Waals surface area contributed by atoms with Crippen LogP contribution in [0.3, 0.4) is 0 Å². The van der Waals surface area contributed by atoms with Crippen LogP contribution in [0.4, 0.5) is 0 Å². The molecule has 0 aromatic heterocycles. The molecule has 112 valence electrons. The van der Waals surface area contributed by atoms with Crippen LogP contribution in [-0.4, -0.2) is 6.54 Å². The first-order valence-electron chi connectivity index (χ1n) is 8.11. The van der Waals surface area contributed by atoms with Gasteiger partial charge in [-0.05, 0) is 61.8 Å². The van der Waals surface area contributed by atoms with Crippen molar-refractivity contribution in [1.82, 2.24) is 5.32 Å². The molecule has 1 fully saturated rings. The maximum atomic E-state index is 6.33. The van der Waals surface area contributed by atoms with Gasteiger partial charge in [0.25, 0.3) is 0 Å². The predicted octanol–water partition coefficient (Wildman–Crippen LogP) is 5.52.